The number of hydrogen-bond donors (Lipinski definition) is 0. The minimum Gasteiger partial charge on any atom is -0.275 e. The molecule has 0 amide bonds. The van der Waals surface area contributed by atoms with E-state index >= 15 is 0 Å². The summed E-state index contributed by atoms with van der Waals surface area (Å²) in [6, 6.07) is 52.2. The van der Waals surface area contributed by atoms with E-state index < -0.39 is 0 Å². The first-order chi connectivity index (χ1) is 27.3. The molecular weight excluding hydrogens is 675 g/mol. The van der Waals surface area contributed by atoms with Crippen LogP contribution in [0.2, 0.25) is 0 Å². The molecule has 0 atom stereocenters. The second-order valence-electron chi connectivity index (χ2n) is 13.3. The van der Waals surface area contributed by atoms with Crippen LogP contribution in [0.1, 0.15) is 0 Å². The van der Waals surface area contributed by atoms with E-state index in [1.165, 1.54) is 0 Å². The molecule has 5 aromatic heterocycles. The number of aromatic nitrogens is 7. The summed E-state index contributed by atoms with van der Waals surface area (Å²) in [7, 11) is 0. The van der Waals surface area contributed by atoms with Crippen LogP contribution >= 0.6 is 0 Å². The molecule has 55 heavy (non-hydrogen) atoms. The van der Waals surface area contributed by atoms with Gasteiger partial charge < -0.3 is 0 Å². The van der Waals surface area contributed by atoms with Crippen LogP contribution in [0.3, 0.4) is 0 Å². The number of hydrogen-bond acceptors (Lipinski definition) is 6. The van der Waals surface area contributed by atoms with Crippen LogP contribution in [0.4, 0.5) is 0 Å². The van der Waals surface area contributed by atoms with Crippen molar-refractivity contribution in [3.8, 4) is 73.2 Å². The van der Waals surface area contributed by atoms with Crippen molar-refractivity contribution in [3.63, 3.8) is 0 Å². The van der Waals surface area contributed by atoms with Gasteiger partial charge in [0, 0.05) is 76.2 Å². The molecule has 7 nitrogen and oxygen atoms in total. The van der Waals surface area contributed by atoms with Gasteiger partial charge in [-0.25, -0.2) is 0 Å². The highest BCUT2D eigenvalue weighted by Gasteiger charge is 2.22. The SMILES string of the molecule is c1ccc(-n2c(-c3ccc(-c4ccc(-c5cccnc5)nc4)c4ccccc34)nnc2-c2ccc(-c3ccc(-c4cccnc4)nc3)c3ccccc23)cc1. The molecule has 0 unspecified atom stereocenters. The van der Waals surface area contributed by atoms with Crippen molar-refractivity contribution in [2.45, 2.75) is 0 Å². The lowest BCUT2D eigenvalue weighted by Crippen LogP contribution is -2.01. The number of rotatable bonds is 7. The number of para-hydroxylation sites is 1. The molecule has 10 aromatic rings. The van der Waals surface area contributed by atoms with E-state index in [9.17, 15) is 0 Å². The molecule has 0 aliphatic carbocycles. The molecule has 0 fully saturated rings. The fraction of sp³-hybridized carbons (Fsp3) is 0. The second-order valence-corrected chi connectivity index (χ2v) is 13.3. The van der Waals surface area contributed by atoms with Gasteiger partial charge in [0.05, 0.1) is 11.4 Å². The van der Waals surface area contributed by atoms with Crippen LogP contribution in [0, 0.1) is 0 Å². The molecule has 10 rings (SSSR count). The number of pyridine rings is 4. The second kappa shape index (κ2) is 13.7. The zero-order chi connectivity index (χ0) is 36.6. The van der Waals surface area contributed by atoms with Gasteiger partial charge in [0.1, 0.15) is 0 Å². The molecule has 258 valence electrons. The summed E-state index contributed by atoms with van der Waals surface area (Å²) >= 11 is 0. The van der Waals surface area contributed by atoms with E-state index in [4.69, 9.17) is 20.2 Å². The number of benzene rings is 5. The molecule has 0 saturated heterocycles. The van der Waals surface area contributed by atoms with Gasteiger partial charge in [-0.3, -0.25) is 24.5 Å². The van der Waals surface area contributed by atoms with Crippen LogP contribution in [0.25, 0.3) is 94.8 Å². The normalized spacial score (nSPS) is 11.3. The highest BCUT2D eigenvalue weighted by molar-refractivity contribution is 6.06. The predicted octanol–water partition coefficient (Wildman–Crippen LogP) is 11.2. The highest BCUT2D eigenvalue weighted by Crippen LogP contribution is 2.40. The fourth-order valence-electron chi connectivity index (χ4n) is 7.42. The van der Waals surface area contributed by atoms with Crippen molar-refractivity contribution in [1.82, 2.24) is 34.7 Å². The molecule has 5 aromatic carbocycles. The molecular formula is C48H31N7. The van der Waals surface area contributed by atoms with E-state index in [0.29, 0.717) is 0 Å². The van der Waals surface area contributed by atoms with Gasteiger partial charge in [-0.05, 0) is 93.3 Å². The van der Waals surface area contributed by atoms with E-state index in [0.717, 1.165) is 94.8 Å². The minimum atomic E-state index is 0.761. The van der Waals surface area contributed by atoms with Crippen molar-refractivity contribution in [2.75, 3.05) is 0 Å². The van der Waals surface area contributed by atoms with Gasteiger partial charge in [-0.1, -0.05) is 91.0 Å². The van der Waals surface area contributed by atoms with Crippen molar-refractivity contribution in [3.05, 3.63) is 189 Å². The summed E-state index contributed by atoms with van der Waals surface area (Å²) in [6.07, 6.45) is 11.1. The maximum Gasteiger partial charge on any atom is 0.169 e. The summed E-state index contributed by atoms with van der Waals surface area (Å²) in [5, 5.41) is 14.3. The molecule has 0 N–H and O–H groups in total. The lowest BCUT2D eigenvalue weighted by atomic mass is 9.94. The molecule has 0 bridgehead atoms. The zero-order valence-corrected chi connectivity index (χ0v) is 29.5. The first-order valence-corrected chi connectivity index (χ1v) is 18.1. The molecule has 0 aliphatic heterocycles. The van der Waals surface area contributed by atoms with Crippen molar-refractivity contribution in [1.29, 1.82) is 0 Å². The maximum absolute atomic E-state index is 4.94. The highest BCUT2D eigenvalue weighted by atomic mass is 15.3. The first-order valence-electron chi connectivity index (χ1n) is 18.1. The Kier molecular flexibility index (Phi) is 8.00. The summed E-state index contributed by atoms with van der Waals surface area (Å²) in [5.41, 5.74) is 11.0. The Labute approximate surface area is 317 Å². The Morgan fingerprint density at radius 1 is 0.327 bits per heavy atom. The zero-order valence-electron chi connectivity index (χ0n) is 29.5. The standard InChI is InChI=1S/C48H31N7/c1-2-12-36(13-3-1)55-47(43-22-20-37(39-14-4-6-16-41(39)43)32-18-24-45(51-30-32)34-10-8-26-49-28-34)53-54-48(55)44-23-21-38(40-15-5-7-17-42(40)44)33-19-25-46(52-31-33)35-11-9-27-50-29-35/h1-31H. The van der Waals surface area contributed by atoms with Crippen LogP contribution in [0.15, 0.2) is 189 Å². The van der Waals surface area contributed by atoms with Gasteiger partial charge in [0.15, 0.2) is 11.6 Å². The lowest BCUT2D eigenvalue weighted by molar-refractivity contribution is 1.08. The molecule has 0 aliphatic rings. The largest absolute Gasteiger partial charge is 0.275 e. The van der Waals surface area contributed by atoms with Crippen molar-refractivity contribution >= 4 is 21.5 Å². The van der Waals surface area contributed by atoms with Crippen LogP contribution < -0.4 is 0 Å². The molecule has 0 saturated carbocycles. The Bertz CT molecular complexity index is 2760. The maximum atomic E-state index is 4.94. The van der Waals surface area contributed by atoms with Crippen LogP contribution in [-0.4, -0.2) is 34.7 Å². The smallest absolute Gasteiger partial charge is 0.169 e. The third kappa shape index (κ3) is 5.81. The summed E-state index contributed by atoms with van der Waals surface area (Å²) in [5.74, 6) is 1.52. The van der Waals surface area contributed by atoms with Gasteiger partial charge in [0.25, 0.3) is 0 Å². The molecule has 5 heterocycles. The Morgan fingerprint density at radius 2 is 0.764 bits per heavy atom. The van der Waals surface area contributed by atoms with E-state index in [-0.39, 0.29) is 0 Å². The average molecular weight is 706 g/mol. The van der Waals surface area contributed by atoms with Crippen molar-refractivity contribution in [2.24, 2.45) is 0 Å². The summed E-state index contributed by atoms with van der Waals surface area (Å²) < 4.78 is 2.18. The van der Waals surface area contributed by atoms with Gasteiger partial charge in [-0.15, -0.1) is 10.2 Å². The van der Waals surface area contributed by atoms with Gasteiger partial charge >= 0.3 is 0 Å². The third-order valence-electron chi connectivity index (χ3n) is 10.1. The summed E-state index contributed by atoms with van der Waals surface area (Å²) in [6.45, 7) is 0. The predicted molar refractivity (Wildman–Crippen MR) is 220 cm³/mol. The topological polar surface area (TPSA) is 82.3 Å². The van der Waals surface area contributed by atoms with Crippen molar-refractivity contribution < 1.29 is 0 Å². The first kappa shape index (κ1) is 32.0. The third-order valence-corrected chi connectivity index (χ3v) is 10.1. The van der Waals surface area contributed by atoms with Gasteiger partial charge in [0.2, 0.25) is 0 Å². The quantitative estimate of drug-likeness (QED) is 0.164. The Hall–Kier alpha value is -7.64. The van der Waals surface area contributed by atoms with E-state index in [1.54, 1.807) is 12.4 Å². The van der Waals surface area contributed by atoms with Crippen LogP contribution in [-0.2, 0) is 0 Å². The lowest BCUT2D eigenvalue weighted by Gasteiger charge is -2.16. The van der Waals surface area contributed by atoms with E-state index in [2.05, 4.69) is 136 Å². The van der Waals surface area contributed by atoms with Crippen LogP contribution in [0.5, 0.6) is 0 Å². The molecule has 7 heteroatoms. The molecule has 0 spiro atoms. The molecule has 0 radical (unpaired) electrons. The Morgan fingerprint density at radius 3 is 1.18 bits per heavy atom. The monoisotopic (exact) mass is 705 g/mol. The fourth-order valence-corrected chi connectivity index (χ4v) is 7.42. The average Bonchev–Trinajstić information content (AvgIpc) is 3.71. The van der Waals surface area contributed by atoms with E-state index in [1.807, 2.05) is 55.1 Å². The number of fused-ring (bicyclic) bond motifs is 2. The Balaban J connectivity index is 1.10. The minimum absolute atomic E-state index is 0.761. The number of nitrogens with zero attached hydrogens (tertiary/aromatic N) is 7. The van der Waals surface area contributed by atoms with Gasteiger partial charge in [-0.2, -0.15) is 0 Å². The summed E-state index contributed by atoms with van der Waals surface area (Å²) in [4.78, 5) is 18.1.